The Morgan fingerprint density at radius 3 is 2.38 bits per heavy atom. The second-order valence-corrected chi connectivity index (χ2v) is 8.62. The van der Waals surface area contributed by atoms with Gasteiger partial charge in [0.05, 0.1) is 17.6 Å². The summed E-state index contributed by atoms with van der Waals surface area (Å²) in [4.78, 5) is 16.0. The van der Waals surface area contributed by atoms with E-state index in [0.717, 1.165) is 55.2 Å². The van der Waals surface area contributed by atoms with E-state index in [4.69, 9.17) is 0 Å². The van der Waals surface area contributed by atoms with Gasteiger partial charge in [-0.1, -0.05) is 49.4 Å². The molecular weight excluding hydrogens is 418 g/mol. The molecule has 4 aromatic rings. The number of aromatic nitrogens is 3. The van der Waals surface area contributed by atoms with E-state index < -0.39 is 0 Å². The monoisotopic (exact) mass is 451 g/mol. The summed E-state index contributed by atoms with van der Waals surface area (Å²) in [6, 6.07) is 21.4. The summed E-state index contributed by atoms with van der Waals surface area (Å²) in [6.07, 6.45) is 8.42. The maximum atomic E-state index is 4.65. The van der Waals surface area contributed by atoms with Crippen molar-refractivity contribution in [1.82, 2.24) is 15.0 Å². The molecule has 0 aliphatic rings. The number of nitrogens with one attached hydrogen (secondary N) is 1. The van der Waals surface area contributed by atoms with Crippen LogP contribution in [0.4, 0.5) is 17.2 Å². The topological polar surface area (TPSA) is 53.9 Å². The molecule has 0 amide bonds. The van der Waals surface area contributed by atoms with Gasteiger partial charge in [-0.05, 0) is 68.0 Å². The Balaban J connectivity index is 1.42. The number of hydrogen-bond acceptors (Lipinski definition) is 5. The Kier molecular flexibility index (Phi) is 7.87. The zero-order valence-electron chi connectivity index (χ0n) is 20.3. The summed E-state index contributed by atoms with van der Waals surface area (Å²) in [7, 11) is 0. The van der Waals surface area contributed by atoms with Gasteiger partial charge in [-0.2, -0.15) is 0 Å². The number of anilines is 3. The highest BCUT2D eigenvalue weighted by atomic mass is 15.2. The van der Waals surface area contributed by atoms with Gasteiger partial charge in [-0.3, -0.25) is 9.97 Å². The summed E-state index contributed by atoms with van der Waals surface area (Å²) in [5.41, 5.74) is 8.05. The SMILES string of the molecule is CCCN(c1cc(CNc2ccc(CCc3ccccc3)nc2)ccc1C)c1nccnc1C. The summed E-state index contributed by atoms with van der Waals surface area (Å²) >= 11 is 0. The van der Waals surface area contributed by atoms with Gasteiger partial charge in [0.15, 0.2) is 5.82 Å². The highest BCUT2D eigenvalue weighted by Gasteiger charge is 2.15. The van der Waals surface area contributed by atoms with Gasteiger partial charge in [-0.15, -0.1) is 0 Å². The van der Waals surface area contributed by atoms with Gasteiger partial charge < -0.3 is 10.2 Å². The van der Waals surface area contributed by atoms with E-state index in [0.29, 0.717) is 0 Å². The van der Waals surface area contributed by atoms with Crippen molar-refractivity contribution in [2.24, 2.45) is 0 Å². The van der Waals surface area contributed by atoms with Crippen molar-refractivity contribution >= 4 is 17.2 Å². The van der Waals surface area contributed by atoms with E-state index in [1.54, 1.807) is 12.4 Å². The summed E-state index contributed by atoms with van der Waals surface area (Å²) in [5, 5.41) is 3.52. The lowest BCUT2D eigenvalue weighted by Gasteiger charge is -2.26. The molecule has 1 N–H and O–H groups in total. The standard InChI is InChI=1S/C29H33N5/c1-4-18-34(29-23(3)30-16-17-31-29)28-19-25(11-10-22(28)2)20-32-27-15-14-26(33-21-27)13-12-24-8-6-5-7-9-24/h5-11,14-17,19,21,32H,4,12-13,18,20H2,1-3H3. The zero-order valence-corrected chi connectivity index (χ0v) is 20.3. The normalized spacial score (nSPS) is 10.8. The molecule has 174 valence electrons. The Morgan fingerprint density at radius 2 is 1.65 bits per heavy atom. The van der Waals surface area contributed by atoms with Crippen molar-refractivity contribution in [3.05, 3.63) is 107 Å². The molecule has 5 heteroatoms. The second-order valence-electron chi connectivity index (χ2n) is 8.62. The van der Waals surface area contributed by atoms with Crippen LogP contribution in [0, 0.1) is 13.8 Å². The lowest BCUT2D eigenvalue weighted by molar-refractivity contribution is 0.855. The van der Waals surface area contributed by atoms with Crippen LogP contribution in [0.2, 0.25) is 0 Å². The van der Waals surface area contributed by atoms with Crippen LogP contribution in [0.15, 0.2) is 79.3 Å². The van der Waals surface area contributed by atoms with Crippen LogP contribution in [0.5, 0.6) is 0 Å². The van der Waals surface area contributed by atoms with E-state index in [1.807, 2.05) is 13.1 Å². The van der Waals surface area contributed by atoms with Crippen molar-refractivity contribution in [3.8, 4) is 0 Å². The number of benzene rings is 2. The predicted molar refractivity (Wildman–Crippen MR) is 141 cm³/mol. The predicted octanol–water partition coefficient (Wildman–Crippen LogP) is 6.43. The first kappa shape index (κ1) is 23.4. The van der Waals surface area contributed by atoms with Crippen LogP contribution in [-0.4, -0.2) is 21.5 Å². The van der Waals surface area contributed by atoms with Gasteiger partial charge in [0.1, 0.15) is 0 Å². The Hall–Kier alpha value is -3.73. The maximum Gasteiger partial charge on any atom is 0.154 e. The fraction of sp³-hybridized carbons (Fsp3) is 0.276. The van der Waals surface area contributed by atoms with Gasteiger partial charge in [0.25, 0.3) is 0 Å². The second kappa shape index (κ2) is 11.4. The van der Waals surface area contributed by atoms with E-state index in [2.05, 4.69) is 99.7 Å². The minimum absolute atomic E-state index is 0.734. The number of nitrogens with zero attached hydrogens (tertiary/aromatic N) is 4. The van der Waals surface area contributed by atoms with Crippen molar-refractivity contribution in [2.75, 3.05) is 16.8 Å². The quantitative estimate of drug-likeness (QED) is 0.301. The lowest BCUT2D eigenvalue weighted by Crippen LogP contribution is -2.21. The third kappa shape index (κ3) is 5.98. The number of aryl methyl sites for hydroxylation is 4. The third-order valence-electron chi connectivity index (χ3n) is 5.96. The minimum atomic E-state index is 0.734. The van der Waals surface area contributed by atoms with Crippen LogP contribution in [-0.2, 0) is 19.4 Å². The Labute approximate surface area is 202 Å². The Morgan fingerprint density at radius 1 is 0.824 bits per heavy atom. The number of rotatable bonds is 10. The average molecular weight is 452 g/mol. The molecule has 0 atom stereocenters. The molecule has 0 aliphatic heterocycles. The van der Waals surface area contributed by atoms with Gasteiger partial charge >= 0.3 is 0 Å². The van der Waals surface area contributed by atoms with Gasteiger partial charge in [0.2, 0.25) is 0 Å². The number of hydrogen-bond donors (Lipinski definition) is 1. The molecular formula is C29H33N5. The van der Waals surface area contributed by atoms with Gasteiger partial charge in [0, 0.05) is 36.9 Å². The third-order valence-corrected chi connectivity index (χ3v) is 5.96. The fourth-order valence-corrected chi connectivity index (χ4v) is 4.08. The van der Waals surface area contributed by atoms with Crippen LogP contribution >= 0.6 is 0 Å². The average Bonchev–Trinajstić information content (AvgIpc) is 2.87. The van der Waals surface area contributed by atoms with Crippen molar-refractivity contribution in [3.63, 3.8) is 0 Å². The zero-order chi connectivity index (χ0) is 23.8. The molecule has 2 aromatic heterocycles. The molecule has 0 unspecified atom stereocenters. The largest absolute Gasteiger partial charge is 0.380 e. The van der Waals surface area contributed by atoms with E-state index in [1.165, 1.54) is 22.4 Å². The maximum absolute atomic E-state index is 4.65. The first-order chi connectivity index (χ1) is 16.6. The molecule has 2 heterocycles. The summed E-state index contributed by atoms with van der Waals surface area (Å²) < 4.78 is 0. The van der Waals surface area contributed by atoms with E-state index in [-0.39, 0.29) is 0 Å². The molecule has 0 fully saturated rings. The first-order valence-electron chi connectivity index (χ1n) is 12.0. The summed E-state index contributed by atoms with van der Waals surface area (Å²) in [5.74, 6) is 0.924. The van der Waals surface area contributed by atoms with Crippen molar-refractivity contribution in [1.29, 1.82) is 0 Å². The first-order valence-corrected chi connectivity index (χ1v) is 12.0. The molecule has 0 spiro atoms. The number of pyridine rings is 1. The lowest BCUT2D eigenvalue weighted by atomic mass is 10.1. The van der Waals surface area contributed by atoms with Crippen LogP contribution < -0.4 is 10.2 Å². The molecule has 0 bridgehead atoms. The molecule has 34 heavy (non-hydrogen) atoms. The highest BCUT2D eigenvalue weighted by molar-refractivity contribution is 5.66. The summed E-state index contributed by atoms with van der Waals surface area (Å²) in [6.45, 7) is 7.99. The molecule has 2 aromatic carbocycles. The molecule has 0 saturated heterocycles. The van der Waals surface area contributed by atoms with Crippen molar-refractivity contribution < 1.29 is 0 Å². The van der Waals surface area contributed by atoms with Gasteiger partial charge in [-0.25, -0.2) is 4.98 Å². The molecule has 0 aliphatic carbocycles. The van der Waals surface area contributed by atoms with E-state index >= 15 is 0 Å². The molecule has 0 saturated carbocycles. The minimum Gasteiger partial charge on any atom is -0.380 e. The van der Waals surface area contributed by atoms with Crippen LogP contribution in [0.25, 0.3) is 0 Å². The fourth-order valence-electron chi connectivity index (χ4n) is 4.08. The van der Waals surface area contributed by atoms with Crippen LogP contribution in [0.3, 0.4) is 0 Å². The smallest absolute Gasteiger partial charge is 0.154 e. The van der Waals surface area contributed by atoms with Crippen LogP contribution in [0.1, 0.15) is 41.4 Å². The van der Waals surface area contributed by atoms with Crippen molar-refractivity contribution in [2.45, 2.75) is 46.6 Å². The molecule has 5 nitrogen and oxygen atoms in total. The Bertz CT molecular complexity index is 1190. The molecule has 0 radical (unpaired) electrons. The molecule has 4 rings (SSSR count). The van der Waals surface area contributed by atoms with E-state index in [9.17, 15) is 0 Å². The highest BCUT2D eigenvalue weighted by Crippen LogP contribution is 2.30.